The quantitative estimate of drug-likeness (QED) is 0.494. The van der Waals surface area contributed by atoms with Crippen molar-refractivity contribution in [3.8, 4) is 0 Å². The van der Waals surface area contributed by atoms with E-state index in [4.69, 9.17) is 5.11 Å². The van der Waals surface area contributed by atoms with Crippen LogP contribution < -0.4 is 4.90 Å². The molecule has 1 N–H and O–H groups in total. The monoisotopic (exact) mass is 425 g/mol. The van der Waals surface area contributed by atoms with Crippen LogP contribution in [-0.2, 0) is 11.8 Å². The molecule has 0 saturated heterocycles. The Morgan fingerprint density at radius 2 is 1.69 bits per heavy atom. The highest BCUT2D eigenvalue weighted by atomic mass is 16.4. The fourth-order valence-electron chi connectivity index (χ4n) is 4.93. The van der Waals surface area contributed by atoms with Gasteiger partial charge in [-0.3, -0.25) is 0 Å². The molecule has 1 heterocycles. The van der Waals surface area contributed by atoms with Gasteiger partial charge in [-0.2, -0.15) is 0 Å². The Balaban J connectivity index is 1.67. The lowest BCUT2D eigenvalue weighted by Crippen LogP contribution is -2.47. The third-order valence-corrected chi connectivity index (χ3v) is 6.73. The van der Waals surface area contributed by atoms with Crippen LogP contribution in [0.4, 0.5) is 5.69 Å². The highest BCUT2D eigenvalue weighted by Gasteiger charge is 2.38. The predicted molar refractivity (Wildman–Crippen MR) is 132 cm³/mol. The molecule has 0 bridgehead atoms. The first kappa shape index (κ1) is 21.9. The average molecular weight is 426 g/mol. The van der Waals surface area contributed by atoms with Crippen LogP contribution >= 0.6 is 0 Å². The fourth-order valence-corrected chi connectivity index (χ4v) is 4.93. The summed E-state index contributed by atoms with van der Waals surface area (Å²) < 4.78 is 0. The van der Waals surface area contributed by atoms with Crippen LogP contribution in [0.25, 0.3) is 6.08 Å². The van der Waals surface area contributed by atoms with Crippen molar-refractivity contribution in [2.45, 2.75) is 38.1 Å². The van der Waals surface area contributed by atoms with Crippen LogP contribution in [0.2, 0.25) is 0 Å². The van der Waals surface area contributed by atoms with Crippen molar-refractivity contribution in [3.63, 3.8) is 0 Å². The van der Waals surface area contributed by atoms with Crippen LogP contribution in [0, 0.1) is 5.92 Å². The van der Waals surface area contributed by atoms with Gasteiger partial charge in [-0.15, -0.1) is 0 Å². The third kappa shape index (κ3) is 4.62. The Morgan fingerprint density at radius 1 is 1.03 bits per heavy atom. The van der Waals surface area contributed by atoms with E-state index in [1.807, 2.05) is 12.1 Å². The molecule has 0 aromatic heterocycles. The normalized spacial score (nSPS) is 18.3. The molecule has 0 fully saturated rings. The summed E-state index contributed by atoms with van der Waals surface area (Å²) >= 11 is 0. The van der Waals surface area contributed by atoms with Gasteiger partial charge < -0.3 is 10.0 Å². The van der Waals surface area contributed by atoms with Crippen molar-refractivity contribution in [2.24, 2.45) is 5.92 Å². The molecule has 1 aliphatic rings. The number of hydrogen-bond donors (Lipinski definition) is 1. The molecule has 0 saturated carbocycles. The van der Waals surface area contributed by atoms with Crippen LogP contribution in [0.1, 0.15) is 47.3 Å². The Labute approximate surface area is 191 Å². The van der Waals surface area contributed by atoms with Crippen LogP contribution in [0.15, 0.2) is 84.9 Å². The molecular formula is C29H31NO2. The number of anilines is 1. The van der Waals surface area contributed by atoms with Crippen molar-refractivity contribution in [3.05, 3.63) is 107 Å². The highest BCUT2D eigenvalue weighted by molar-refractivity contribution is 5.87. The van der Waals surface area contributed by atoms with Gasteiger partial charge in [0, 0.05) is 24.7 Å². The Morgan fingerprint density at radius 3 is 2.38 bits per heavy atom. The summed E-state index contributed by atoms with van der Waals surface area (Å²) in [4.78, 5) is 13.6. The van der Waals surface area contributed by atoms with Crippen molar-refractivity contribution in [1.82, 2.24) is 0 Å². The summed E-state index contributed by atoms with van der Waals surface area (Å²) in [5.41, 5.74) is 5.48. The zero-order chi connectivity index (χ0) is 22.7. The molecule has 1 aliphatic heterocycles. The first-order chi connectivity index (χ1) is 15.3. The van der Waals surface area contributed by atoms with E-state index in [2.05, 4.69) is 92.5 Å². The molecule has 4 rings (SSSR count). The van der Waals surface area contributed by atoms with Crippen LogP contribution in [-0.4, -0.2) is 24.2 Å². The first-order valence-electron chi connectivity index (χ1n) is 11.2. The molecule has 0 aliphatic carbocycles. The van der Waals surface area contributed by atoms with E-state index >= 15 is 0 Å². The maximum Gasteiger partial charge on any atom is 0.335 e. The van der Waals surface area contributed by atoms with E-state index in [-0.39, 0.29) is 5.41 Å². The van der Waals surface area contributed by atoms with Crippen molar-refractivity contribution in [1.29, 1.82) is 0 Å². The number of hydrogen-bond acceptors (Lipinski definition) is 2. The zero-order valence-corrected chi connectivity index (χ0v) is 19.0. The molecule has 3 aromatic carbocycles. The van der Waals surface area contributed by atoms with Crippen LogP contribution in [0.3, 0.4) is 0 Å². The van der Waals surface area contributed by atoms with E-state index in [9.17, 15) is 4.79 Å². The minimum absolute atomic E-state index is 0.0969. The Hall–Kier alpha value is -3.33. The maximum absolute atomic E-state index is 11.2. The second-order valence-electron chi connectivity index (χ2n) is 9.42. The summed E-state index contributed by atoms with van der Waals surface area (Å²) in [7, 11) is 2.21. The second kappa shape index (κ2) is 9.04. The van der Waals surface area contributed by atoms with Gasteiger partial charge >= 0.3 is 5.97 Å². The number of nitrogens with zero attached hydrogens (tertiary/aromatic N) is 1. The molecule has 0 radical (unpaired) electrons. The minimum atomic E-state index is -0.896. The average Bonchev–Trinajstić information content (AvgIpc) is 2.80. The SMILES string of the molecule is CN1c2ccccc2C(C)(C)CC1C(C=Cc1ccc(C(=O)O)cc1)Cc1ccccc1. The lowest BCUT2D eigenvalue weighted by Gasteiger charge is -2.47. The fraction of sp³-hybridized carbons (Fsp3) is 0.276. The molecule has 3 nitrogen and oxygen atoms in total. The lowest BCUT2D eigenvalue weighted by molar-refractivity contribution is 0.0697. The van der Waals surface area contributed by atoms with Gasteiger partial charge in [0.15, 0.2) is 0 Å². The molecule has 3 heteroatoms. The lowest BCUT2D eigenvalue weighted by atomic mass is 9.71. The van der Waals surface area contributed by atoms with Gasteiger partial charge in [0.25, 0.3) is 0 Å². The number of aromatic carboxylic acids is 1. The number of carboxylic acids is 1. The summed E-state index contributed by atoms with van der Waals surface area (Å²) in [6.07, 6.45) is 6.48. The zero-order valence-electron chi connectivity index (χ0n) is 19.0. The Kier molecular flexibility index (Phi) is 6.18. The highest BCUT2D eigenvalue weighted by Crippen LogP contribution is 2.44. The first-order valence-corrected chi connectivity index (χ1v) is 11.2. The van der Waals surface area contributed by atoms with E-state index in [1.54, 1.807) is 12.1 Å². The van der Waals surface area contributed by atoms with Gasteiger partial charge in [-0.25, -0.2) is 4.79 Å². The van der Waals surface area contributed by atoms with Gasteiger partial charge in [-0.1, -0.05) is 86.7 Å². The molecule has 2 atom stereocenters. The molecule has 32 heavy (non-hydrogen) atoms. The minimum Gasteiger partial charge on any atom is -0.478 e. The second-order valence-corrected chi connectivity index (χ2v) is 9.42. The van der Waals surface area contributed by atoms with Gasteiger partial charge in [0.1, 0.15) is 0 Å². The number of benzene rings is 3. The van der Waals surface area contributed by atoms with E-state index < -0.39 is 5.97 Å². The standard InChI is InChI=1S/C29H31NO2/c1-29(2)20-27(30(3)26-12-8-7-11-25(26)29)24(19-22-9-5-4-6-10-22)18-15-21-13-16-23(17-14-21)28(31)32/h4-18,24,27H,19-20H2,1-3H3,(H,31,32). The largest absolute Gasteiger partial charge is 0.478 e. The molecule has 0 amide bonds. The Bertz CT molecular complexity index is 1100. The third-order valence-electron chi connectivity index (χ3n) is 6.73. The number of carbonyl (C=O) groups is 1. The van der Waals surface area contributed by atoms with Crippen molar-refractivity contribution in [2.75, 3.05) is 11.9 Å². The van der Waals surface area contributed by atoms with Gasteiger partial charge in [-0.05, 0) is 53.1 Å². The van der Waals surface area contributed by atoms with E-state index in [0.29, 0.717) is 17.5 Å². The molecule has 164 valence electrons. The number of carboxylic acid groups (broad SMARTS) is 1. The van der Waals surface area contributed by atoms with E-state index in [0.717, 1.165) is 18.4 Å². The molecule has 2 unspecified atom stereocenters. The smallest absolute Gasteiger partial charge is 0.335 e. The predicted octanol–water partition coefficient (Wildman–Crippen LogP) is 6.44. The number of rotatable bonds is 6. The topological polar surface area (TPSA) is 40.5 Å². The van der Waals surface area contributed by atoms with E-state index in [1.165, 1.54) is 16.8 Å². The number of para-hydroxylation sites is 1. The molecule has 0 spiro atoms. The molecular weight excluding hydrogens is 394 g/mol. The molecule has 3 aromatic rings. The van der Waals surface area contributed by atoms with Crippen molar-refractivity contribution < 1.29 is 9.90 Å². The summed E-state index contributed by atoms with van der Waals surface area (Å²) in [5.74, 6) is -0.582. The van der Waals surface area contributed by atoms with Gasteiger partial charge in [0.2, 0.25) is 0 Å². The summed E-state index contributed by atoms with van der Waals surface area (Å²) in [6, 6.07) is 26.9. The van der Waals surface area contributed by atoms with Crippen LogP contribution in [0.5, 0.6) is 0 Å². The summed E-state index contributed by atoms with van der Waals surface area (Å²) in [5, 5.41) is 9.16. The number of fused-ring (bicyclic) bond motifs is 1. The summed E-state index contributed by atoms with van der Waals surface area (Å²) in [6.45, 7) is 4.69. The van der Waals surface area contributed by atoms with Gasteiger partial charge in [0.05, 0.1) is 5.56 Å². The van der Waals surface area contributed by atoms with Crippen molar-refractivity contribution >= 4 is 17.7 Å². The maximum atomic E-state index is 11.2.